The first-order chi connectivity index (χ1) is 16.6. The number of ketones is 4. The van der Waals surface area contributed by atoms with Crippen LogP contribution in [0.4, 0.5) is 0 Å². The van der Waals surface area contributed by atoms with Gasteiger partial charge in [-0.2, -0.15) is 0 Å². The fraction of sp³-hybridized carbons (Fsp3) is 0.769. The number of carbonyl (C=O) groups excluding carboxylic acids is 6. The summed E-state index contributed by atoms with van der Waals surface area (Å²) in [4.78, 5) is 73.4. The van der Waals surface area contributed by atoms with Crippen LogP contribution in [0.2, 0.25) is 0 Å². The molecule has 0 bridgehead atoms. The van der Waals surface area contributed by atoms with Crippen LogP contribution in [0.5, 0.6) is 0 Å². The van der Waals surface area contributed by atoms with Crippen molar-refractivity contribution in [3.05, 3.63) is 0 Å². The third-order valence-corrected chi connectivity index (χ3v) is 5.52. The zero-order valence-electron chi connectivity index (χ0n) is 22.1. The molecule has 0 rings (SSSR count). The molecule has 0 heterocycles. The van der Waals surface area contributed by atoms with E-state index in [-0.39, 0.29) is 73.8 Å². The van der Waals surface area contributed by atoms with Gasteiger partial charge in [0.25, 0.3) is 0 Å². The number of nitrogens with zero attached hydrogens (tertiary/aromatic N) is 1. The van der Waals surface area contributed by atoms with E-state index in [2.05, 4.69) is 10.6 Å². The van der Waals surface area contributed by atoms with Crippen LogP contribution >= 0.6 is 0 Å². The molecule has 0 radical (unpaired) electrons. The molecule has 0 aromatic heterocycles. The fourth-order valence-corrected chi connectivity index (χ4v) is 3.66. The largest absolute Gasteiger partial charge is 0.359 e. The average Bonchev–Trinajstić information content (AvgIpc) is 2.78. The molecule has 0 aliphatic heterocycles. The number of hydrogen-bond acceptors (Lipinski definition) is 7. The second-order valence-corrected chi connectivity index (χ2v) is 9.51. The lowest BCUT2D eigenvalue weighted by molar-refractivity contribution is -0.126. The van der Waals surface area contributed by atoms with E-state index in [1.54, 1.807) is 19.0 Å². The molecule has 35 heavy (non-hydrogen) atoms. The summed E-state index contributed by atoms with van der Waals surface area (Å²) >= 11 is 0. The first-order valence-corrected chi connectivity index (χ1v) is 12.8. The Bertz CT molecular complexity index is 667. The highest BCUT2D eigenvalue weighted by molar-refractivity contribution is 5.86. The van der Waals surface area contributed by atoms with Crippen LogP contribution in [0.15, 0.2) is 0 Å². The van der Waals surface area contributed by atoms with Gasteiger partial charge in [-0.15, -0.1) is 0 Å². The average molecular weight is 496 g/mol. The monoisotopic (exact) mass is 495 g/mol. The maximum Gasteiger partial charge on any atom is 0.219 e. The SMILES string of the molecule is CNC(=O)CCCCC(=O)CN(CC(=O)CCCCC(=O)NC)CC(=O)CCCC(=O)CC(C)C. The van der Waals surface area contributed by atoms with Gasteiger partial charge < -0.3 is 10.6 Å². The first kappa shape index (κ1) is 32.6. The Labute approximate surface area is 210 Å². The van der Waals surface area contributed by atoms with Crippen LogP contribution in [0.25, 0.3) is 0 Å². The van der Waals surface area contributed by atoms with Crippen molar-refractivity contribution in [1.29, 1.82) is 0 Å². The second-order valence-electron chi connectivity index (χ2n) is 9.51. The van der Waals surface area contributed by atoms with Gasteiger partial charge in [0.05, 0.1) is 19.6 Å². The quantitative estimate of drug-likeness (QED) is 0.221. The third kappa shape index (κ3) is 19.6. The molecule has 0 aliphatic carbocycles. The van der Waals surface area contributed by atoms with Gasteiger partial charge in [0.2, 0.25) is 11.8 Å². The van der Waals surface area contributed by atoms with Crippen molar-refractivity contribution in [3.8, 4) is 0 Å². The highest BCUT2D eigenvalue weighted by Crippen LogP contribution is 2.09. The predicted molar refractivity (Wildman–Crippen MR) is 135 cm³/mol. The number of amides is 2. The lowest BCUT2D eigenvalue weighted by Gasteiger charge is -2.20. The molecule has 2 N–H and O–H groups in total. The van der Waals surface area contributed by atoms with Crippen LogP contribution in [-0.2, 0) is 28.8 Å². The molecule has 200 valence electrons. The molecule has 9 nitrogen and oxygen atoms in total. The summed E-state index contributed by atoms with van der Waals surface area (Å²) in [5, 5.41) is 5.08. The summed E-state index contributed by atoms with van der Waals surface area (Å²) in [6, 6.07) is 0. The molecule has 0 unspecified atom stereocenters. The number of nitrogens with one attached hydrogen (secondary N) is 2. The summed E-state index contributed by atoms with van der Waals surface area (Å²) in [6.45, 7) is 3.95. The van der Waals surface area contributed by atoms with Crippen LogP contribution < -0.4 is 10.6 Å². The van der Waals surface area contributed by atoms with Gasteiger partial charge in [0.15, 0.2) is 0 Å². The summed E-state index contributed by atoms with van der Waals surface area (Å²) in [7, 11) is 3.14. The van der Waals surface area contributed by atoms with Gasteiger partial charge in [0.1, 0.15) is 23.1 Å². The van der Waals surface area contributed by atoms with E-state index in [0.717, 1.165) is 0 Å². The Hall–Kier alpha value is -2.42. The van der Waals surface area contributed by atoms with Gasteiger partial charge in [-0.3, -0.25) is 33.7 Å². The summed E-state index contributed by atoms with van der Waals surface area (Å²) < 4.78 is 0. The molecule has 0 atom stereocenters. The molecule has 0 saturated heterocycles. The lowest BCUT2D eigenvalue weighted by Crippen LogP contribution is -2.38. The van der Waals surface area contributed by atoms with E-state index in [0.29, 0.717) is 63.7 Å². The van der Waals surface area contributed by atoms with Gasteiger partial charge >= 0.3 is 0 Å². The number of unbranched alkanes of at least 4 members (excludes halogenated alkanes) is 2. The highest BCUT2D eigenvalue weighted by Gasteiger charge is 2.18. The van der Waals surface area contributed by atoms with Crippen molar-refractivity contribution in [3.63, 3.8) is 0 Å². The Morgan fingerprint density at radius 3 is 1.26 bits per heavy atom. The van der Waals surface area contributed by atoms with Crippen molar-refractivity contribution < 1.29 is 28.8 Å². The van der Waals surface area contributed by atoms with Gasteiger partial charge in [-0.25, -0.2) is 0 Å². The van der Waals surface area contributed by atoms with E-state index in [9.17, 15) is 28.8 Å². The molecule has 0 aliphatic rings. The minimum Gasteiger partial charge on any atom is -0.359 e. The summed E-state index contributed by atoms with van der Waals surface area (Å²) in [6.07, 6.45) is 5.18. The molecular weight excluding hydrogens is 450 g/mol. The molecule has 2 amide bonds. The van der Waals surface area contributed by atoms with Crippen LogP contribution in [0.3, 0.4) is 0 Å². The molecule has 9 heteroatoms. The molecule has 0 saturated carbocycles. The van der Waals surface area contributed by atoms with Crippen LogP contribution in [0.1, 0.15) is 90.9 Å². The number of Topliss-reactive ketones (excluding diaryl/α,β-unsaturated/α-hetero) is 4. The molecule has 0 aromatic rings. The Kier molecular flexibility index (Phi) is 18.5. The Morgan fingerprint density at radius 1 is 0.543 bits per heavy atom. The minimum absolute atomic E-state index is 0.00196. The van der Waals surface area contributed by atoms with E-state index in [4.69, 9.17) is 0 Å². The number of hydrogen-bond donors (Lipinski definition) is 2. The normalized spacial score (nSPS) is 10.9. The standard InChI is InChI=1S/C26H45N3O6/c1-20(2)16-21(30)12-9-13-24(33)19-29(17-22(31)10-5-7-14-25(34)27-3)18-23(32)11-6-8-15-26(35)28-4/h20H,5-19H2,1-4H3,(H,27,34)(H,28,35). The van der Waals surface area contributed by atoms with Crippen molar-refractivity contribution in [2.24, 2.45) is 5.92 Å². The molecular formula is C26H45N3O6. The van der Waals surface area contributed by atoms with E-state index in [1.807, 2.05) is 13.8 Å². The van der Waals surface area contributed by atoms with E-state index < -0.39 is 0 Å². The number of rotatable bonds is 22. The second kappa shape index (κ2) is 19.8. The third-order valence-electron chi connectivity index (χ3n) is 5.52. The van der Waals surface area contributed by atoms with Crippen molar-refractivity contribution in [2.75, 3.05) is 33.7 Å². The topological polar surface area (TPSA) is 130 Å². The first-order valence-electron chi connectivity index (χ1n) is 12.8. The Morgan fingerprint density at radius 2 is 0.886 bits per heavy atom. The van der Waals surface area contributed by atoms with Crippen molar-refractivity contribution in [1.82, 2.24) is 15.5 Å². The predicted octanol–water partition coefficient (Wildman–Crippen LogP) is 2.39. The Balaban J connectivity index is 4.68. The van der Waals surface area contributed by atoms with Crippen molar-refractivity contribution in [2.45, 2.75) is 90.9 Å². The highest BCUT2D eigenvalue weighted by atomic mass is 16.2. The molecule has 0 spiro atoms. The molecule has 0 fully saturated rings. The summed E-state index contributed by atoms with van der Waals surface area (Å²) in [5.41, 5.74) is 0. The van der Waals surface area contributed by atoms with E-state index >= 15 is 0 Å². The van der Waals surface area contributed by atoms with Gasteiger partial charge in [-0.05, 0) is 38.0 Å². The van der Waals surface area contributed by atoms with Crippen LogP contribution in [-0.4, -0.2) is 73.6 Å². The zero-order chi connectivity index (χ0) is 26.6. The fourth-order valence-electron chi connectivity index (χ4n) is 3.66. The lowest BCUT2D eigenvalue weighted by atomic mass is 10.0. The van der Waals surface area contributed by atoms with Crippen molar-refractivity contribution >= 4 is 34.9 Å². The minimum atomic E-state index is -0.0952. The van der Waals surface area contributed by atoms with Gasteiger partial charge in [0, 0.05) is 59.0 Å². The maximum atomic E-state index is 12.5. The van der Waals surface area contributed by atoms with E-state index in [1.165, 1.54) is 0 Å². The maximum absolute atomic E-state index is 12.5. The van der Waals surface area contributed by atoms with Crippen LogP contribution in [0, 0.1) is 5.92 Å². The van der Waals surface area contributed by atoms with Gasteiger partial charge in [-0.1, -0.05) is 13.8 Å². The smallest absolute Gasteiger partial charge is 0.219 e. The summed E-state index contributed by atoms with van der Waals surface area (Å²) in [5.74, 6) is 0.0460. The zero-order valence-corrected chi connectivity index (χ0v) is 22.1. The number of carbonyl (C=O) groups is 6. The molecule has 0 aromatic carbocycles.